The Labute approximate surface area is 119 Å². The molecule has 1 aromatic heterocycles. The fourth-order valence-electron chi connectivity index (χ4n) is 3.73. The number of ether oxygens (including phenoxy) is 1. The lowest BCUT2D eigenvalue weighted by Crippen LogP contribution is -2.38. The second-order valence-corrected chi connectivity index (χ2v) is 6.06. The number of para-hydroxylation sites is 1. The van der Waals surface area contributed by atoms with Crippen LogP contribution in [0.4, 0.5) is 0 Å². The van der Waals surface area contributed by atoms with Crippen LogP contribution in [0.25, 0.3) is 10.9 Å². The van der Waals surface area contributed by atoms with E-state index in [1.807, 2.05) is 0 Å². The first-order valence-corrected chi connectivity index (χ1v) is 7.85. The van der Waals surface area contributed by atoms with Gasteiger partial charge in [-0.3, -0.25) is 0 Å². The molecular weight excluding hydrogens is 248 g/mol. The highest BCUT2D eigenvalue weighted by molar-refractivity contribution is 5.85. The van der Waals surface area contributed by atoms with Crippen molar-refractivity contribution in [1.29, 1.82) is 0 Å². The van der Waals surface area contributed by atoms with Gasteiger partial charge in [-0.1, -0.05) is 18.2 Å². The molecule has 0 amide bonds. The van der Waals surface area contributed by atoms with Gasteiger partial charge in [-0.2, -0.15) is 0 Å². The van der Waals surface area contributed by atoms with Crippen molar-refractivity contribution in [3.05, 3.63) is 35.5 Å². The summed E-state index contributed by atoms with van der Waals surface area (Å²) in [5.41, 5.74) is 4.26. The van der Waals surface area contributed by atoms with Crippen LogP contribution in [0, 0.1) is 0 Å². The number of aromatic nitrogens is 1. The molecule has 1 atom stereocenters. The molecule has 0 saturated carbocycles. The summed E-state index contributed by atoms with van der Waals surface area (Å²) >= 11 is 0. The summed E-state index contributed by atoms with van der Waals surface area (Å²) in [6.45, 7) is 1.81. The first kappa shape index (κ1) is 12.4. The van der Waals surface area contributed by atoms with Gasteiger partial charge in [0.2, 0.25) is 0 Å². The Bertz CT molecular complexity index is 598. The lowest BCUT2D eigenvalue weighted by molar-refractivity contribution is 0.0740. The molecule has 0 radical (unpaired) electrons. The van der Waals surface area contributed by atoms with E-state index in [-0.39, 0.29) is 0 Å². The van der Waals surface area contributed by atoms with Crippen molar-refractivity contribution >= 4 is 10.9 Å². The predicted octanol–water partition coefficient (Wildman–Crippen LogP) is 3.31. The Morgan fingerprint density at radius 2 is 1.95 bits per heavy atom. The zero-order valence-electron chi connectivity index (χ0n) is 11.8. The Morgan fingerprint density at radius 3 is 2.85 bits per heavy atom. The maximum atomic E-state index is 5.46. The van der Waals surface area contributed by atoms with Crippen LogP contribution >= 0.6 is 0 Å². The van der Waals surface area contributed by atoms with Crippen LogP contribution in [0.15, 0.2) is 24.3 Å². The molecule has 3 heteroatoms. The molecular formula is C17H22N2O. The quantitative estimate of drug-likeness (QED) is 0.878. The summed E-state index contributed by atoms with van der Waals surface area (Å²) in [5, 5.41) is 5.28. The minimum atomic E-state index is 0.495. The van der Waals surface area contributed by atoms with Crippen LogP contribution in [0.5, 0.6) is 0 Å². The van der Waals surface area contributed by atoms with Gasteiger partial charge in [0, 0.05) is 41.9 Å². The fraction of sp³-hybridized carbons (Fsp3) is 0.529. The van der Waals surface area contributed by atoms with Gasteiger partial charge in [0.05, 0.1) is 0 Å². The molecule has 4 rings (SSSR count). The molecule has 1 fully saturated rings. The molecule has 1 unspecified atom stereocenters. The summed E-state index contributed by atoms with van der Waals surface area (Å²) in [6.07, 6.45) is 6.04. The van der Waals surface area contributed by atoms with E-state index in [0.29, 0.717) is 12.1 Å². The van der Waals surface area contributed by atoms with E-state index in [0.717, 1.165) is 26.1 Å². The van der Waals surface area contributed by atoms with Crippen LogP contribution in [0.1, 0.15) is 43.0 Å². The molecule has 2 heterocycles. The van der Waals surface area contributed by atoms with Crippen molar-refractivity contribution in [2.24, 2.45) is 0 Å². The third-order valence-corrected chi connectivity index (χ3v) is 4.77. The molecule has 2 N–H and O–H groups in total. The van der Waals surface area contributed by atoms with E-state index in [1.165, 1.54) is 41.4 Å². The van der Waals surface area contributed by atoms with Gasteiger partial charge >= 0.3 is 0 Å². The number of aryl methyl sites for hydroxylation is 1. The first-order valence-electron chi connectivity index (χ1n) is 7.85. The molecule has 1 saturated heterocycles. The Morgan fingerprint density at radius 1 is 1.10 bits per heavy atom. The van der Waals surface area contributed by atoms with E-state index in [9.17, 15) is 0 Å². The molecule has 2 aromatic rings. The standard InChI is InChI=1S/C17H22N2O/c1-2-6-15-13(4-1)14-5-3-7-16(17(14)19-15)18-12-8-10-20-11-9-12/h1-2,4,6,12,16,18-19H,3,5,7-11H2. The SMILES string of the molecule is c1ccc2c3c([nH]c2c1)C(NC1CCOCC1)CCC3. The molecule has 1 aliphatic heterocycles. The van der Waals surface area contributed by atoms with E-state index in [1.54, 1.807) is 0 Å². The molecule has 20 heavy (non-hydrogen) atoms. The summed E-state index contributed by atoms with van der Waals surface area (Å²) in [4.78, 5) is 3.66. The Balaban J connectivity index is 1.63. The van der Waals surface area contributed by atoms with Gasteiger partial charge in [-0.05, 0) is 43.7 Å². The minimum Gasteiger partial charge on any atom is -0.381 e. The smallest absolute Gasteiger partial charge is 0.0480 e. The minimum absolute atomic E-state index is 0.495. The van der Waals surface area contributed by atoms with Crippen LogP contribution < -0.4 is 5.32 Å². The Kier molecular flexibility index (Phi) is 3.25. The largest absolute Gasteiger partial charge is 0.381 e. The average molecular weight is 270 g/mol. The molecule has 106 valence electrons. The summed E-state index contributed by atoms with van der Waals surface area (Å²) in [7, 11) is 0. The number of H-pyrrole nitrogens is 1. The first-order chi connectivity index (χ1) is 9.92. The molecule has 3 nitrogen and oxygen atoms in total. The van der Waals surface area contributed by atoms with Crippen LogP contribution in [-0.2, 0) is 11.2 Å². The van der Waals surface area contributed by atoms with Gasteiger partial charge < -0.3 is 15.0 Å². The van der Waals surface area contributed by atoms with Crippen molar-refractivity contribution in [2.75, 3.05) is 13.2 Å². The number of benzene rings is 1. The van der Waals surface area contributed by atoms with E-state index >= 15 is 0 Å². The summed E-state index contributed by atoms with van der Waals surface area (Å²) < 4.78 is 5.46. The van der Waals surface area contributed by atoms with Crippen LogP contribution in [-0.4, -0.2) is 24.2 Å². The third-order valence-electron chi connectivity index (χ3n) is 4.77. The van der Waals surface area contributed by atoms with Gasteiger partial charge in [-0.25, -0.2) is 0 Å². The highest BCUT2D eigenvalue weighted by Crippen LogP contribution is 2.35. The van der Waals surface area contributed by atoms with Gasteiger partial charge in [0.1, 0.15) is 0 Å². The average Bonchev–Trinajstić information content (AvgIpc) is 2.88. The number of rotatable bonds is 2. The number of hydrogen-bond donors (Lipinski definition) is 2. The second-order valence-electron chi connectivity index (χ2n) is 6.06. The number of hydrogen-bond acceptors (Lipinski definition) is 2. The number of fused-ring (bicyclic) bond motifs is 3. The van der Waals surface area contributed by atoms with Gasteiger partial charge in [-0.15, -0.1) is 0 Å². The lowest BCUT2D eigenvalue weighted by Gasteiger charge is -2.31. The Hall–Kier alpha value is -1.32. The predicted molar refractivity (Wildman–Crippen MR) is 81.0 cm³/mol. The monoisotopic (exact) mass is 270 g/mol. The van der Waals surface area contributed by atoms with Crippen LogP contribution in [0.3, 0.4) is 0 Å². The molecule has 2 aliphatic rings. The van der Waals surface area contributed by atoms with Crippen LogP contribution in [0.2, 0.25) is 0 Å². The van der Waals surface area contributed by atoms with Gasteiger partial charge in [0.25, 0.3) is 0 Å². The van der Waals surface area contributed by atoms with Crippen molar-refractivity contribution in [3.8, 4) is 0 Å². The van der Waals surface area contributed by atoms with E-state index in [2.05, 4.69) is 34.6 Å². The maximum absolute atomic E-state index is 5.46. The summed E-state index contributed by atoms with van der Waals surface area (Å²) in [5.74, 6) is 0. The topological polar surface area (TPSA) is 37.0 Å². The maximum Gasteiger partial charge on any atom is 0.0480 e. The van der Waals surface area contributed by atoms with E-state index in [4.69, 9.17) is 4.74 Å². The normalized spacial score (nSPS) is 23.9. The fourth-order valence-corrected chi connectivity index (χ4v) is 3.73. The number of aromatic amines is 1. The second kappa shape index (κ2) is 5.23. The molecule has 0 bridgehead atoms. The highest BCUT2D eigenvalue weighted by atomic mass is 16.5. The highest BCUT2D eigenvalue weighted by Gasteiger charge is 2.26. The van der Waals surface area contributed by atoms with Crippen molar-refractivity contribution in [3.63, 3.8) is 0 Å². The van der Waals surface area contributed by atoms with Crippen molar-refractivity contribution in [1.82, 2.24) is 10.3 Å². The van der Waals surface area contributed by atoms with Crippen molar-refractivity contribution < 1.29 is 4.74 Å². The lowest BCUT2D eigenvalue weighted by atomic mass is 9.90. The zero-order valence-corrected chi connectivity index (χ0v) is 11.8. The van der Waals surface area contributed by atoms with Crippen molar-refractivity contribution in [2.45, 2.75) is 44.2 Å². The number of nitrogens with one attached hydrogen (secondary N) is 2. The molecule has 1 aliphatic carbocycles. The zero-order chi connectivity index (χ0) is 13.4. The summed E-state index contributed by atoms with van der Waals surface area (Å²) in [6, 6.07) is 9.82. The van der Waals surface area contributed by atoms with Gasteiger partial charge in [0.15, 0.2) is 0 Å². The third kappa shape index (κ3) is 2.15. The molecule has 1 aromatic carbocycles. The van der Waals surface area contributed by atoms with E-state index < -0.39 is 0 Å². The molecule has 0 spiro atoms.